The highest BCUT2D eigenvalue weighted by molar-refractivity contribution is 5.75. The monoisotopic (exact) mass is 137 g/mol. The molecule has 0 aromatic carbocycles. The Labute approximate surface area is 61.2 Å². The minimum Gasteiger partial charge on any atom is -0.300 e. The molecule has 0 saturated heterocycles. The Kier molecular flexibility index (Phi) is 4.23. The van der Waals surface area contributed by atoms with E-state index in [-0.39, 0.29) is 5.78 Å². The van der Waals surface area contributed by atoms with Gasteiger partial charge < -0.3 is 4.79 Å². The van der Waals surface area contributed by atoms with Gasteiger partial charge in [-0.1, -0.05) is 6.08 Å². The molecule has 0 fully saturated rings. The Morgan fingerprint density at radius 2 is 2.20 bits per heavy atom. The van der Waals surface area contributed by atoms with Gasteiger partial charge in [-0.25, -0.2) is 0 Å². The third-order valence-corrected chi connectivity index (χ3v) is 1.12. The zero-order chi connectivity index (χ0) is 7.98. The molecule has 10 heavy (non-hydrogen) atoms. The second-order valence-electron chi connectivity index (χ2n) is 2.24. The van der Waals surface area contributed by atoms with Crippen molar-refractivity contribution in [1.29, 1.82) is 5.26 Å². The van der Waals surface area contributed by atoms with Crippen LogP contribution in [0.1, 0.15) is 26.7 Å². The molecule has 0 aromatic rings. The quantitative estimate of drug-likeness (QED) is 0.557. The Morgan fingerprint density at radius 1 is 1.60 bits per heavy atom. The summed E-state index contributed by atoms with van der Waals surface area (Å²) in [5.74, 6) is 0.169. The number of Topliss-reactive ketones (excluding diaryl/α,β-unsaturated/α-hetero) is 1. The number of hydrogen-bond donors (Lipinski definition) is 0. The topological polar surface area (TPSA) is 40.9 Å². The van der Waals surface area contributed by atoms with Gasteiger partial charge in [0.05, 0.1) is 6.07 Å². The van der Waals surface area contributed by atoms with Gasteiger partial charge in [0.25, 0.3) is 0 Å². The second-order valence-corrected chi connectivity index (χ2v) is 2.24. The summed E-state index contributed by atoms with van der Waals surface area (Å²) in [4.78, 5) is 10.4. The van der Waals surface area contributed by atoms with E-state index in [4.69, 9.17) is 5.26 Å². The van der Waals surface area contributed by atoms with Crippen molar-refractivity contribution >= 4 is 5.78 Å². The van der Waals surface area contributed by atoms with E-state index in [1.165, 1.54) is 0 Å². The minimum atomic E-state index is 0.169. The Bertz CT molecular complexity index is 186. The van der Waals surface area contributed by atoms with Crippen LogP contribution in [0.25, 0.3) is 0 Å². The van der Waals surface area contributed by atoms with Crippen LogP contribution >= 0.6 is 0 Å². The molecule has 54 valence electrons. The third-order valence-electron chi connectivity index (χ3n) is 1.12. The number of ketones is 1. The van der Waals surface area contributed by atoms with Crippen LogP contribution in [-0.4, -0.2) is 5.78 Å². The maximum Gasteiger partial charge on any atom is 0.130 e. The fourth-order valence-corrected chi connectivity index (χ4v) is 0.538. The molecule has 0 rings (SSSR count). The highest BCUT2D eigenvalue weighted by Crippen LogP contribution is 1.96. The molecule has 0 heterocycles. The first-order valence-corrected chi connectivity index (χ1v) is 3.23. The molecule has 0 aliphatic heterocycles. The molecule has 0 amide bonds. The number of hydrogen-bond acceptors (Lipinski definition) is 2. The molecule has 0 atom stereocenters. The van der Waals surface area contributed by atoms with Crippen molar-refractivity contribution in [2.75, 3.05) is 0 Å². The first-order chi connectivity index (χ1) is 4.66. The van der Waals surface area contributed by atoms with Crippen LogP contribution < -0.4 is 0 Å². The molecule has 2 heteroatoms. The van der Waals surface area contributed by atoms with Gasteiger partial charge in [-0.3, -0.25) is 0 Å². The molecule has 2 nitrogen and oxygen atoms in total. The number of carbonyl (C=O) groups is 1. The summed E-state index contributed by atoms with van der Waals surface area (Å²) in [6.07, 6.45) is 3.01. The van der Waals surface area contributed by atoms with Gasteiger partial charge in [0.2, 0.25) is 0 Å². The zero-order valence-electron chi connectivity index (χ0n) is 6.35. The van der Waals surface area contributed by atoms with Crippen molar-refractivity contribution in [1.82, 2.24) is 0 Å². The molecule has 0 radical (unpaired) electrons. The predicted octanol–water partition coefficient (Wildman–Crippen LogP) is 1.83. The van der Waals surface area contributed by atoms with E-state index in [1.54, 1.807) is 19.9 Å². The van der Waals surface area contributed by atoms with Crippen LogP contribution in [0.3, 0.4) is 0 Å². The Hall–Kier alpha value is -1.10. The molecule has 0 unspecified atom stereocenters. The van der Waals surface area contributed by atoms with Crippen molar-refractivity contribution < 1.29 is 4.79 Å². The van der Waals surface area contributed by atoms with Gasteiger partial charge in [-0.2, -0.15) is 5.26 Å². The van der Waals surface area contributed by atoms with Gasteiger partial charge in [-0.05, 0) is 20.3 Å². The van der Waals surface area contributed by atoms with E-state index in [2.05, 4.69) is 0 Å². The van der Waals surface area contributed by atoms with Gasteiger partial charge in [0.15, 0.2) is 0 Å². The highest BCUT2D eigenvalue weighted by Gasteiger charge is 1.89. The number of nitriles is 1. The van der Waals surface area contributed by atoms with E-state index >= 15 is 0 Å². The van der Waals surface area contributed by atoms with Gasteiger partial charge in [0.1, 0.15) is 5.78 Å². The lowest BCUT2D eigenvalue weighted by Crippen LogP contribution is -1.86. The molecule has 0 aliphatic carbocycles. The fourth-order valence-electron chi connectivity index (χ4n) is 0.538. The van der Waals surface area contributed by atoms with Crippen molar-refractivity contribution in [2.24, 2.45) is 0 Å². The first-order valence-electron chi connectivity index (χ1n) is 3.23. The average molecular weight is 137 g/mol. The summed E-state index contributed by atoms with van der Waals surface area (Å²) in [6, 6.07) is 1.99. The van der Waals surface area contributed by atoms with Crippen LogP contribution in [0.15, 0.2) is 11.6 Å². The van der Waals surface area contributed by atoms with E-state index in [1.807, 2.05) is 6.07 Å². The van der Waals surface area contributed by atoms with Crippen LogP contribution in [0.2, 0.25) is 0 Å². The summed E-state index contributed by atoms with van der Waals surface area (Å²) >= 11 is 0. The lowest BCUT2D eigenvalue weighted by atomic mass is 10.2. The van der Waals surface area contributed by atoms with Crippen molar-refractivity contribution in [2.45, 2.75) is 26.7 Å². The Morgan fingerprint density at radius 3 is 2.60 bits per heavy atom. The Balaban J connectivity index is 3.56. The third kappa shape index (κ3) is 5.04. The van der Waals surface area contributed by atoms with E-state index in [0.717, 1.165) is 0 Å². The van der Waals surface area contributed by atoms with E-state index in [0.29, 0.717) is 18.4 Å². The predicted molar refractivity (Wildman–Crippen MR) is 39.3 cm³/mol. The lowest BCUT2D eigenvalue weighted by Gasteiger charge is -1.87. The molecule has 0 aliphatic rings. The van der Waals surface area contributed by atoms with E-state index < -0.39 is 0 Å². The van der Waals surface area contributed by atoms with Crippen molar-refractivity contribution in [3.8, 4) is 6.07 Å². The zero-order valence-corrected chi connectivity index (χ0v) is 6.35. The SMILES string of the molecule is CC(=O)CC/C=C(/C)C#N. The molecule has 0 N–H and O–H groups in total. The van der Waals surface area contributed by atoms with Gasteiger partial charge in [-0.15, -0.1) is 0 Å². The number of allylic oxidation sites excluding steroid dienone is 2. The molecule has 0 spiro atoms. The fraction of sp³-hybridized carbons (Fsp3) is 0.500. The number of carbonyl (C=O) groups excluding carboxylic acids is 1. The smallest absolute Gasteiger partial charge is 0.130 e. The largest absolute Gasteiger partial charge is 0.300 e. The number of nitrogens with zero attached hydrogens (tertiary/aromatic N) is 1. The van der Waals surface area contributed by atoms with Gasteiger partial charge >= 0.3 is 0 Å². The maximum absolute atomic E-state index is 10.4. The normalized spacial score (nSPS) is 10.7. The van der Waals surface area contributed by atoms with Crippen LogP contribution in [0.5, 0.6) is 0 Å². The summed E-state index contributed by atoms with van der Waals surface area (Å²) in [6.45, 7) is 3.29. The molecular weight excluding hydrogens is 126 g/mol. The highest BCUT2D eigenvalue weighted by atomic mass is 16.1. The summed E-state index contributed by atoms with van der Waals surface area (Å²) in [5.41, 5.74) is 0.682. The van der Waals surface area contributed by atoms with Crippen LogP contribution in [-0.2, 0) is 4.79 Å². The average Bonchev–Trinajstić information content (AvgIpc) is 1.87. The number of rotatable bonds is 3. The molecule has 0 aromatic heterocycles. The lowest BCUT2D eigenvalue weighted by molar-refractivity contribution is -0.116. The summed E-state index contributed by atoms with van der Waals surface area (Å²) < 4.78 is 0. The van der Waals surface area contributed by atoms with Gasteiger partial charge in [0, 0.05) is 12.0 Å². The molecule has 0 saturated carbocycles. The molecule has 0 bridgehead atoms. The summed E-state index contributed by atoms with van der Waals surface area (Å²) in [7, 11) is 0. The van der Waals surface area contributed by atoms with Crippen molar-refractivity contribution in [3.05, 3.63) is 11.6 Å². The first kappa shape index (κ1) is 8.90. The maximum atomic E-state index is 10.4. The second kappa shape index (κ2) is 4.75. The molecular formula is C8H11NO. The minimum absolute atomic E-state index is 0.169. The van der Waals surface area contributed by atoms with Crippen molar-refractivity contribution in [3.63, 3.8) is 0 Å². The standard InChI is InChI=1S/C8H11NO/c1-7(6-9)4-3-5-8(2)10/h4H,3,5H2,1-2H3/b7-4-. The summed E-state index contributed by atoms with van der Waals surface area (Å²) in [5, 5.41) is 8.30. The van der Waals surface area contributed by atoms with Crippen LogP contribution in [0.4, 0.5) is 0 Å². The van der Waals surface area contributed by atoms with Crippen LogP contribution in [0, 0.1) is 11.3 Å². The van der Waals surface area contributed by atoms with E-state index in [9.17, 15) is 4.79 Å².